The molecule has 0 unspecified atom stereocenters. The average molecular weight is 265 g/mol. The Morgan fingerprint density at radius 2 is 2.17 bits per heavy atom. The van der Waals surface area contributed by atoms with E-state index in [4.69, 9.17) is 12.2 Å². The molecule has 1 aromatic heterocycles. The predicted octanol–water partition coefficient (Wildman–Crippen LogP) is 2.89. The second kappa shape index (κ2) is 8.03. The molecule has 0 saturated heterocycles. The summed E-state index contributed by atoms with van der Waals surface area (Å²) in [5.74, 6) is 0. The van der Waals surface area contributed by atoms with Crippen LogP contribution < -0.4 is 5.32 Å². The molecule has 0 bridgehead atoms. The third kappa shape index (κ3) is 5.00. The molecule has 0 saturated carbocycles. The molecule has 1 rings (SSSR count). The Bertz CT molecular complexity index is 379. The van der Waals surface area contributed by atoms with Crippen LogP contribution in [-0.4, -0.2) is 28.1 Å². The standard InChI is InChI=1S/C14H23N3S/c1-4-6-10-15-14(18)17(5-2)11-13-9-7-8-12(3)16-13/h7-9H,4-6,10-11H2,1-3H3,(H,15,18). The molecule has 0 atom stereocenters. The molecule has 0 aromatic carbocycles. The van der Waals surface area contributed by atoms with Crippen molar-refractivity contribution in [1.29, 1.82) is 0 Å². The Hall–Kier alpha value is -1.16. The molecule has 0 aliphatic rings. The van der Waals surface area contributed by atoms with Crippen LogP contribution in [0.1, 0.15) is 38.1 Å². The fraction of sp³-hybridized carbons (Fsp3) is 0.571. The van der Waals surface area contributed by atoms with E-state index in [2.05, 4.69) is 29.0 Å². The van der Waals surface area contributed by atoms with Crippen LogP contribution >= 0.6 is 12.2 Å². The quantitative estimate of drug-likeness (QED) is 0.632. The number of nitrogens with zero attached hydrogens (tertiary/aromatic N) is 2. The van der Waals surface area contributed by atoms with Gasteiger partial charge in [-0.2, -0.15) is 0 Å². The van der Waals surface area contributed by atoms with Crippen molar-refractivity contribution in [3.63, 3.8) is 0 Å². The van der Waals surface area contributed by atoms with Crippen molar-refractivity contribution in [3.05, 3.63) is 29.6 Å². The van der Waals surface area contributed by atoms with Gasteiger partial charge in [0.15, 0.2) is 5.11 Å². The lowest BCUT2D eigenvalue weighted by Gasteiger charge is -2.24. The molecule has 0 fully saturated rings. The van der Waals surface area contributed by atoms with E-state index in [1.165, 1.54) is 6.42 Å². The molecule has 0 spiro atoms. The number of aryl methyl sites for hydroxylation is 1. The summed E-state index contributed by atoms with van der Waals surface area (Å²) < 4.78 is 0. The highest BCUT2D eigenvalue weighted by Gasteiger charge is 2.08. The van der Waals surface area contributed by atoms with Gasteiger partial charge in [0, 0.05) is 18.8 Å². The smallest absolute Gasteiger partial charge is 0.169 e. The zero-order chi connectivity index (χ0) is 13.4. The van der Waals surface area contributed by atoms with Gasteiger partial charge in [0.1, 0.15) is 0 Å². The van der Waals surface area contributed by atoms with Gasteiger partial charge in [-0.15, -0.1) is 0 Å². The van der Waals surface area contributed by atoms with Crippen molar-refractivity contribution < 1.29 is 0 Å². The van der Waals surface area contributed by atoms with Gasteiger partial charge in [0.05, 0.1) is 12.2 Å². The summed E-state index contributed by atoms with van der Waals surface area (Å²) in [6, 6.07) is 6.10. The fourth-order valence-electron chi connectivity index (χ4n) is 1.69. The highest BCUT2D eigenvalue weighted by molar-refractivity contribution is 7.80. The van der Waals surface area contributed by atoms with Crippen LogP contribution in [0.5, 0.6) is 0 Å². The summed E-state index contributed by atoms with van der Waals surface area (Å²) in [5.41, 5.74) is 2.12. The van der Waals surface area contributed by atoms with Gasteiger partial charge >= 0.3 is 0 Å². The Morgan fingerprint density at radius 1 is 1.39 bits per heavy atom. The molecular weight excluding hydrogens is 242 g/mol. The Balaban J connectivity index is 2.53. The van der Waals surface area contributed by atoms with Crippen molar-refractivity contribution in [2.75, 3.05) is 13.1 Å². The van der Waals surface area contributed by atoms with E-state index in [9.17, 15) is 0 Å². The number of pyridine rings is 1. The Kier molecular flexibility index (Phi) is 6.65. The van der Waals surface area contributed by atoms with Crippen LogP contribution in [0.2, 0.25) is 0 Å². The van der Waals surface area contributed by atoms with Gasteiger partial charge in [-0.3, -0.25) is 4.98 Å². The summed E-state index contributed by atoms with van der Waals surface area (Å²) in [6.07, 6.45) is 2.33. The van der Waals surface area contributed by atoms with E-state index in [1.54, 1.807) is 0 Å². The molecular formula is C14H23N3S. The van der Waals surface area contributed by atoms with Gasteiger partial charge in [-0.25, -0.2) is 0 Å². The molecule has 18 heavy (non-hydrogen) atoms. The molecule has 1 aromatic rings. The van der Waals surface area contributed by atoms with E-state index in [-0.39, 0.29) is 0 Å². The molecule has 100 valence electrons. The van der Waals surface area contributed by atoms with Gasteiger partial charge in [-0.05, 0) is 44.6 Å². The number of hydrogen-bond donors (Lipinski definition) is 1. The number of aromatic nitrogens is 1. The largest absolute Gasteiger partial charge is 0.363 e. The Morgan fingerprint density at radius 3 is 2.78 bits per heavy atom. The van der Waals surface area contributed by atoms with Crippen molar-refractivity contribution in [2.45, 2.75) is 40.2 Å². The lowest BCUT2D eigenvalue weighted by Crippen LogP contribution is -2.39. The first-order valence-corrected chi connectivity index (χ1v) is 7.03. The van der Waals surface area contributed by atoms with Gasteiger partial charge in [0.2, 0.25) is 0 Å². The zero-order valence-corrected chi connectivity index (χ0v) is 12.4. The molecule has 0 amide bonds. The molecule has 0 aliphatic carbocycles. The van der Waals surface area contributed by atoms with Crippen LogP contribution in [0.15, 0.2) is 18.2 Å². The van der Waals surface area contributed by atoms with Crippen LogP contribution in [-0.2, 0) is 6.54 Å². The van der Waals surface area contributed by atoms with Crippen LogP contribution in [0.3, 0.4) is 0 Å². The molecule has 3 nitrogen and oxygen atoms in total. The van der Waals surface area contributed by atoms with Gasteiger partial charge < -0.3 is 10.2 Å². The summed E-state index contributed by atoms with van der Waals surface area (Å²) >= 11 is 5.41. The third-order valence-electron chi connectivity index (χ3n) is 2.77. The average Bonchev–Trinajstić information content (AvgIpc) is 2.36. The summed E-state index contributed by atoms with van der Waals surface area (Å²) in [6.45, 7) is 8.93. The van der Waals surface area contributed by atoms with Gasteiger partial charge in [0.25, 0.3) is 0 Å². The highest BCUT2D eigenvalue weighted by Crippen LogP contribution is 2.03. The number of nitrogens with one attached hydrogen (secondary N) is 1. The second-order valence-electron chi connectivity index (χ2n) is 4.37. The number of thiocarbonyl (C=S) groups is 1. The predicted molar refractivity (Wildman–Crippen MR) is 80.6 cm³/mol. The maximum atomic E-state index is 5.41. The summed E-state index contributed by atoms with van der Waals surface area (Å²) in [5, 5.41) is 4.13. The minimum atomic E-state index is 0.774. The molecule has 4 heteroatoms. The normalized spacial score (nSPS) is 10.2. The monoisotopic (exact) mass is 265 g/mol. The first-order valence-electron chi connectivity index (χ1n) is 6.62. The van der Waals surface area contributed by atoms with Crippen molar-refractivity contribution >= 4 is 17.3 Å². The van der Waals surface area contributed by atoms with E-state index >= 15 is 0 Å². The third-order valence-corrected chi connectivity index (χ3v) is 3.18. The topological polar surface area (TPSA) is 28.2 Å². The van der Waals surface area contributed by atoms with Crippen LogP contribution in [0, 0.1) is 6.92 Å². The van der Waals surface area contributed by atoms with E-state index in [0.717, 1.165) is 42.6 Å². The fourth-order valence-corrected chi connectivity index (χ4v) is 1.99. The first-order chi connectivity index (χ1) is 8.67. The minimum Gasteiger partial charge on any atom is -0.363 e. The van der Waals surface area contributed by atoms with Gasteiger partial charge in [-0.1, -0.05) is 19.4 Å². The summed E-state index contributed by atoms with van der Waals surface area (Å²) in [7, 11) is 0. The molecule has 1 heterocycles. The van der Waals surface area contributed by atoms with Crippen molar-refractivity contribution in [3.8, 4) is 0 Å². The SMILES string of the molecule is CCCCNC(=S)N(CC)Cc1cccc(C)n1. The second-order valence-corrected chi connectivity index (χ2v) is 4.76. The van der Waals surface area contributed by atoms with Crippen molar-refractivity contribution in [2.24, 2.45) is 0 Å². The molecule has 0 aliphatic heterocycles. The first kappa shape index (κ1) is 14.9. The number of hydrogen-bond acceptors (Lipinski definition) is 2. The maximum Gasteiger partial charge on any atom is 0.169 e. The molecule has 1 N–H and O–H groups in total. The number of rotatable bonds is 6. The Labute approximate surface area is 116 Å². The highest BCUT2D eigenvalue weighted by atomic mass is 32.1. The van der Waals surface area contributed by atoms with Crippen molar-refractivity contribution in [1.82, 2.24) is 15.2 Å². The maximum absolute atomic E-state index is 5.41. The van der Waals surface area contributed by atoms with Crippen LogP contribution in [0.25, 0.3) is 0 Å². The lowest BCUT2D eigenvalue weighted by atomic mass is 10.3. The van der Waals surface area contributed by atoms with E-state index in [1.807, 2.05) is 25.1 Å². The number of unbranched alkanes of at least 4 members (excludes halogenated alkanes) is 1. The van der Waals surface area contributed by atoms with E-state index in [0.29, 0.717) is 0 Å². The van der Waals surface area contributed by atoms with Crippen LogP contribution in [0.4, 0.5) is 0 Å². The molecule has 0 radical (unpaired) electrons. The zero-order valence-electron chi connectivity index (χ0n) is 11.6. The van der Waals surface area contributed by atoms with E-state index < -0.39 is 0 Å². The lowest BCUT2D eigenvalue weighted by molar-refractivity contribution is 0.420. The minimum absolute atomic E-state index is 0.774. The summed E-state index contributed by atoms with van der Waals surface area (Å²) in [4.78, 5) is 6.66.